The molecule has 0 amide bonds. The van der Waals surface area contributed by atoms with E-state index in [0.29, 0.717) is 18.7 Å². The first-order chi connectivity index (χ1) is 10.0. The summed E-state index contributed by atoms with van der Waals surface area (Å²) in [6.07, 6.45) is 1.37. The van der Waals surface area contributed by atoms with Crippen LogP contribution in [0.25, 0.3) is 0 Å². The maximum absolute atomic E-state index is 11.8. The smallest absolute Gasteiger partial charge is 0.354 e. The summed E-state index contributed by atoms with van der Waals surface area (Å²) in [6.45, 7) is 4.13. The van der Waals surface area contributed by atoms with Gasteiger partial charge >= 0.3 is 5.97 Å². The normalized spacial score (nSPS) is 20.3. The number of ether oxygens (including phenoxy) is 1. The molecule has 2 N–H and O–H groups in total. The van der Waals surface area contributed by atoms with Gasteiger partial charge in [-0.2, -0.15) is 0 Å². The Morgan fingerprint density at radius 1 is 1.38 bits per heavy atom. The molecule has 110 valence electrons. The van der Waals surface area contributed by atoms with Gasteiger partial charge in [0.1, 0.15) is 11.3 Å². The minimum Gasteiger partial charge on any atom is -0.461 e. The summed E-state index contributed by atoms with van der Waals surface area (Å²) in [5, 5.41) is 11.0. The van der Waals surface area contributed by atoms with Crippen LogP contribution in [0.4, 0.5) is 0 Å². The van der Waals surface area contributed by atoms with Gasteiger partial charge in [-0.25, -0.2) is 4.79 Å². The molecule has 0 saturated heterocycles. The van der Waals surface area contributed by atoms with E-state index in [9.17, 15) is 9.90 Å². The Morgan fingerprint density at radius 2 is 2.10 bits per heavy atom. The van der Waals surface area contributed by atoms with E-state index in [2.05, 4.69) is 4.98 Å². The minimum absolute atomic E-state index is 0.338. The van der Waals surface area contributed by atoms with Crippen LogP contribution in [0, 0.1) is 6.92 Å². The largest absolute Gasteiger partial charge is 0.461 e. The molecule has 2 aromatic rings. The molecule has 1 aromatic carbocycles. The van der Waals surface area contributed by atoms with Crippen LogP contribution < -0.4 is 0 Å². The molecule has 1 unspecified atom stereocenters. The highest BCUT2D eigenvalue weighted by molar-refractivity contribution is 5.88. The van der Waals surface area contributed by atoms with Crippen molar-refractivity contribution < 1.29 is 14.6 Å². The molecule has 21 heavy (non-hydrogen) atoms. The zero-order chi connectivity index (χ0) is 15.0. The van der Waals surface area contributed by atoms with Crippen molar-refractivity contribution in [1.82, 2.24) is 4.98 Å². The summed E-state index contributed by atoms with van der Waals surface area (Å²) in [5.74, 6) is -0.377. The molecule has 4 nitrogen and oxygen atoms in total. The number of carbonyl (C=O) groups excluding carboxylic acids is 1. The van der Waals surface area contributed by atoms with Crippen LogP contribution in [-0.4, -0.2) is 22.7 Å². The number of rotatable bonds is 3. The SMILES string of the molecule is CCOC(=O)c1cc2c([nH]1)C(O)(c1ccc(C)cc1)CC2. The van der Waals surface area contributed by atoms with Crippen molar-refractivity contribution in [2.75, 3.05) is 6.61 Å². The molecule has 0 saturated carbocycles. The highest BCUT2D eigenvalue weighted by Crippen LogP contribution is 2.41. The van der Waals surface area contributed by atoms with Crippen LogP contribution in [0.15, 0.2) is 30.3 Å². The first kappa shape index (κ1) is 13.9. The molecule has 0 fully saturated rings. The average molecular weight is 285 g/mol. The third-order valence-electron chi connectivity index (χ3n) is 4.09. The van der Waals surface area contributed by atoms with Crippen LogP contribution in [0.3, 0.4) is 0 Å². The van der Waals surface area contributed by atoms with E-state index < -0.39 is 5.60 Å². The van der Waals surface area contributed by atoms with Gasteiger partial charge in [0.2, 0.25) is 0 Å². The molecular formula is C17H19NO3. The van der Waals surface area contributed by atoms with Crippen LogP contribution in [-0.2, 0) is 16.8 Å². The second-order valence-electron chi connectivity index (χ2n) is 5.53. The Hall–Kier alpha value is -2.07. The number of aliphatic hydroxyl groups is 1. The molecule has 0 radical (unpaired) electrons. The lowest BCUT2D eigenvalue weighted by Gasteiger charge is -2.23. The second-order valence-corrected chi connectivity index (χ2v) is 5.53. The van der Waals surface area contributed by atoms with Crippen molar-refractivity contribution in [3.8, 4) is 0 Å². The van der Waals surface area contributed by atoms with E-state index in [-0.39, 0.29) is 5.97 Å². The highest BCUT2D eigenvalue weighted by atomic mass is 16.5. The second kappa shape index (κ2) is 5.04. The molecule has 3 rings (SSSR count). The molecule has 1 aliphatic carbocycles. The number of aromatic amines is 1. The van der Waals surface area contributed by atoms with Gasteiger partial charge in [0, 0.05) is 0 Å². The predicted octanol–water partition coefficient (Wildman–Crippen LogP) is 2.68. The van der Waals surface area contributed by atoms with Crippen LogP contribution >= 0.6 is 0 Å². The Morgan fingerprint density at radius 3 is 2.76 bits per heavy atom. The molecule has 4 heteroatoms. The summed E-state index contributed by atoms with van der Waals surface area (Å²) in [5.41, 5.74) is 3.07. The van der Waals surface area contributed by atoms with Gasteiger partial charge < -0.3 is 14.8 Å². The number of aryl methyl sites for hydroxylation is 2. The Kier molecular flexibility index (Phi) is 3.33. The van der Waals surface area contributed by atoms with Gasteiger partial charge in [-0.05, 0) is 43.9 Å². The Bertz CT molecular complexity index is 672. The first-order valence-corrected chi connectivity index (χ1v) is 7.23. The summed E-state index contributed by atoms with van der Waals surface area (Å²) in [4.78, 5) is 14.9. The van der Waals surface area contributed by atoms with Crippen LogP contribution in [0.5, 0.6) is 0 Å². The lowest BCUT2D eigenvalue weighted by atomic mass is 9.91. The Labute approximate surface area is 123 Å². The topological polar surface area (TPSA) is 62.3 Å². The van der Waals surface area contributed by atoms with Crippen molar-refractivity contribution >= 4 is 5.97 Å². The van der Waals surface area contributed by atoms with Gasteiger partial charge in [0.15, 0.2) is 0 Å². The van der Waals surface area contributed by atoms with Crippen molar-refractivity contribution in [3.05, 3.63) is 58.4 Å². The molecule has 0 spiro atoms. The summed E-state index contributed by atoms with van der Waals surface area (Å²) < 4.78 is 5.00. The zero-order valence-electron chi connectivity index (χ0n) is 12.3. The lowest BCUT2D eigenvalue weighted by Crippen LogP contribution is -2.25. The molecule has 0 bridgehead atoms. The van der Waals surface area contributed by atoms with Crippen LogP contribution in [0.2, 0.25) is 0 Å². The van der Waals surface area contributed by atoms with Crippen molar-refractivity contribution in [3.63, 3.8) is 0 Å². The first-order valence-electron chi connectivity index (χ1n) is 7.23. The van der Waals surface area contributed by atoms with E-state index >= 15 is 0 Å². The van der Waals surface area contributed by atoms with Crippen molar-refractivity contribution in [2.24, 2.45) is 0 Å². The summed E-state index contributed by atoms with van der Waals surface area (Å²) in [7, 11) is 0. The van der Waals surface area contributed by atoms with Crippen molar-refractivity contribution in [2.45, 2.75) is 32.3 Å². The Balaban J connectivity index is 1.99. The number of H-pyrrole nitrogens is 1. The number of hydrogen-bond acceptors (Lipinski definition) is 3. The lowest BCUT2D eigenvalue weighted by molar-refractivity contribution is 0.0516. The highest BCUT2D eigenvalue weighted by Gasteiger charge is 2.40. The quantitative estimate of drug-likeness (QED) is 0.852. The fraction of sp³-hybridized carbons (Fsp3) is 0.353. The number of nitrogens with one attached hydrogen (secondary N) is 1. The number of aromatic nitrogens is 1. The molecule has 1 aromatic heterocycles. The van der Waals surface area contributed by atoms with Gasteiger partial charge in [-0.15, -0.1) is 0 Å². The van der Waals surface area contributed by atoms with Crippen molar-refractivity contribution in [1.29, 1.82) is 0 Å². The molecule has 0 aliphatic heterocycles. The maximum atomic E-state index is 11.8. The van der Waals surface area contributed by atoms with E-state index in [4.69, 9.17) is 4.74 Å². The van der Waals surface area contributed by atoms with Gasteiger partial charge in [0.05, 0.1) is 12.3 Å². The number of hydrogen-bond donors (Lipinski definition) is 2. The van der Waals surface area contributed by atoms with E-state index in [1.165, 1.54) is 0 Å². The van der Waals surface area contributed by atoms with Gasteiger partial charge in [-0.3, -0.25) is 0 Å². The van der Waals surface area contributed by atoms with Crippen LogP contribution in [0.1, 0.15) is 46.2 Å². The monoisotopic (exact) mass is 285 g/mol. The third kappa shape index (κ3) is 2.25. The van der Waals surface area contributed by atoms with Gasteiger partial charge in [-0.1, -0.05) is 29.8 Å². The molecular weight excluding hydrogens is 266 g/mol. The summed E-state index contributed by atoms with van der Waals surface area (Å²) in [6, 6.07) is 9.64. The molecule has 1 aliphatic rings. The standard InChI is InChI=1S/C17H19NO3/c1-3-21-16(19)14-10-12-8-9-17(20,15(12)18-14)13-6-4-11(2)5-7-13/h4-7,10,18,20H,3,8-9H2,1-2H3. The van der Waals surface area contributed by atoms with Gasteiger partial charge in [0.25, 0.3) is 0 Å². The number of benzene rings is 1. The average Bonchev–Trinajstić information content (AvgIpc) is 3.02. The molecule has 1 atom stereocenters. The fourth-order valence-corrected chi connectivity index (χ4v) is 2.94. The zero-order valence-corrected chi connectivity index (χ0v) is 12.3. The number of carbonyl (C=O) groups is 1. The number of fused-ring (bicyclic) bond motifs is 1. The van der Waals surface area contributed by atoms with E-state index in [1.54, 1.807) is 13.0 Å². The maximum Gasteiger partial charge on any atom is 0.354 e. The third-order valence-corrected chi connectivity index (χ3v) is 4.09. The van der Waals surface area contributed by atoms with E-state index in [1.807, 2.05) is 31.2 Å². The number of esters is 1. The minimum atomic E-state index is -1.05. The predicted molar refractivity (Wildman–Crippen MR) is 79.2 cm³/mol. The van der Waals surface area contributed by atoms with E-state index in [0.717, 1.165) is 28.8 Å². The fourth-order valence-electron chi connectivity index (χ4n) is 2.94. The summed E-state index contributed by atoms with van der Waals surface area (Å²) >= 11 is 0. The molecule has 1 heterocycles.